The number of aliphatic hydroxyl groups excluding tert-OH is 1. The molecule has 1 aromatic carbocycles. The van der Waals surface area contributed by atoms with E-state index in [1.165, 1.54) is 4.90 Å². The molecule has 1 aromatic rings. The molecule has 0 saturated carbocycles. The van der Waals surface area contributed by atoms with Gasteiger partial charge in [0, 0.05) is 11.3 Å². The Bertz CT molecular complexity index is 365. The minimum Gasteiger partial charge on any atom is -0.394 e. The summed E-state index contributed by atoms with van der Waals surface area (Å²) in [6, 6.07) is 10.2. The molecule has 0 aliphatic carbocycles. The van der Waals surface area contributed by atoms with Crippen LogP contribution in [-0.2, 0) is 4.79 Å². The van der Waals surface area contributed by atoms with Crippen molar-refractivity contribution in [2.75, 3.05) is 12.4 Å². The minimum atomic E-state index is -0.524. The van der Waals surface area contributed by atoms with Gasteiger partial charge in [-0.1, -0.05) is 18.2 Å². The van der Waals surface area contributed by atoms with Crippen LogP contribution in [-0.4, -0.2) is 28.9 Å². The van der Waals surface area contributed by atoms with Crippen LogP contribution in [0, 0.1) is 0 Å². The molecule has 0 spiro atoms. The summed E-state index contributed by atoms with van der Waals surface area (Å²) < 4.78 is 0. The monoisotopic (exact) mass is 267 g/mol. The van der Waals surface area contributed by atoms with Gasteiger partial charge in [0.05, 0.1) is 12.1 Å². The summed E-state index contributed by atoms with van der Waals surface area (Å²) in [5, 5.41) is 11.9. The zero-order valence-electron chi connectivity index (χ0n) is 11.0. The molecule has 3 nitrogen and oxygen atoms in total. The lowest BCUT2D eigenvalue weighted by molar-refractivity contribution is -0.123. The highest BCUT2D eigenvalue weighted by atomic mass is 32.2. The molecule has 18 heavy (non-hydrogen) atoms. The number of thioether (sulfide) groups is 1. The van der Waals surface area contributed by atoms with Gasteiger partial charge >= 0.3 is 0 Å². The molecule has 0 bridgehead atoms. The van der Waals surface area contributed by atoms with E-state index in [1.54, 1.807) is 11.8 Å². The fourth-order valence-electron chi connectivity index (χ4n) is 1.42. The molecular formula is C14H21NO2S. The van der Waals surface area contributed by atoms with E-state index in [1.807, 2.05) is 32.0 Å². The molecule has 4 heteroatoms. The number of aliphatic hydroxyl groups is 1. The van der Waals surface area contributed by atoms with Crippen molar-refractivity contribution in [3.05, 3.63) is 30.3 Å². The smallest absolute Gasteiger partial charge is 0.220 e. The maximum atomic E-state index is 11.6. The summed E-state index contributed by atoms with van der Waals surface area (Å²) in [5.41, 5.74) is -0.524. The van der Waals surface area contributed by atoms with Crippen molar-refractivity contribution in [2.24, 2.45) is 0 Å². The second-order valence-electron chi connectivity index (χ2n) is 4.86. The van der Waals surface area contributed by atoms with Gasteiger partial charge in [-0.15, -0.1) is 11.8 Å². The van der Waals surface area contributed by atoms with E-state index in [-0.39, 0.29) is 12.5 Å². The third-order valence-electron chi connectivity index (χ3n) is 2.43. The van der Waals surface area contributed by atoms with Crippen molar-refractivity contribution in [3.8, 4) is 0 Å². The van der Waals surface area contributed by atoms with Gasteiger partial charge in [0.15, 0.2) is 0 Å². The second kappa shape index (κ2) is 7.44. The molecule has 0 radical (unpaired) electrons. The number of carbonyl (C=O) groups excluding carboxylic acids is 1. The number of hydrogen-bond acceptors (Lipinski definition) is 3. The Hall–Kier alpha value is -1.00. The first-order valence-electron chi connectivity index (χ1n) is 6.13. The Labute approximate surface area is 113 Å². The lowest BCUT2D eigenvalue weighted by atomic mass is 10.1. The highest BCUT2D eigenvalue weighted by Gasteiger charge is 2.18. The molecule has 0 heterocycles. The molecule has 0 atom stereocenters. The van der Waals surface area contributed by atoms with Crippen molar-refractivity contribution >= 4 is 17.7 Å². The van der Waals surface area contributed by atoms with Crippen LogP contribution in [0.2, 0.25) is 0 Å². The van der Waals surface area contributed by atoms with Crippen LogP contribution in [0.5, 0.6) is 0 Å². The van der Waals surface area contributed by atoms with Gasteiger partial charge in [0.2, 0.25) is 5.91 Å². The summed E-state index contributed by atoms with van der Waals surface area (Å²) in [7, 11) is 0. The van der Waals surface area contributed by atoms with E-state index >= 15 is 0 Å². The second-order valence-corrected chi connectivity index (χ2v) is 6.02. The molecule has 0 aliphatic rings. The molecular weight excluding hydrogens is 246 g/mol. The van der Waals surface area contributed by atoms with Gasteiger partial charge in [0.1, 0.15) is 0 Å². The fourth-order valence-corrected chi connectivity index (χ4v) is 2.29. The molecule has 100 valence electrons. The average Bonchev–Trinajstić information content (AvgIpc) is 2.35. The van der Waals surface area contributed by atoms with E-state index in [2.05, 4.69) is 17.4 Å². The van der Waals surface area contributed by atoms with Crippen LogP contribution >= 0.6 is 11.8 Å². The standard InChI is InChI=1S/C14H21NO2S/c1-14(2,11-16)15-13(17)9-6-10-18-12-7-4-3-5-8-12/h3-5,7-8,16H,6,9-11H2,1-2H3,(H,15,17). The minimum absolute atomic E-state index is 0.00251. The summed E-state index contributed by atoms with van der Waals surface area (Å²) in [5.74, 6) is 0.930. The van der Waals surface area contributed by atoms with Crippen LogP contribution in [0.15, 0.2) is 35.2 Å². The number of nitrogens with one attached hydrogen (secondary N) is 1. The molecule has 1 rings (SSSR count). The lowest BCUT2D eigenvalue weighted by Crippen LogP contribution is -2.46. The SMILES string of the molecule is CC(C)(CO)NC(=O)CCCSc1ccccc1. The number of hydrogen-bond donors (Lipinski definition) is 2. The van der Waals surface area contributed by atoms with E-state index in [4.69, 9.17) is 5.11 Å². The van der Waals surface area contributed by atoms with Crippen molar-refractivity contribution in [2.45, 2.75) is 37.1 Å². The number of benzene rings is 1. The quantitative estimate of drug-likeness (QED) is 0.589. The van der Waals surface area contributed by atoms with Gasteiger partial charge in [-0.05, 0) is 38.2 Å². The first-order valence-corrected chi connectivity index (χ1v) is 7.12. The fraction of sp³-hybridized carbons (Fsp3) is 0.500. The van der Waals surface area contributed by atoms with Crippen molar-refractivity contribution in [3.63, 3.8) is 0 Å². The molecule has 0 aromatic heterocycles. The summed E-state index contributed by atoms with van der Waals surface area (Å²) >= 11 is 1.76. The van der Waals surface area contributed by atoms with E-state index in [0.29, 0.717) is 6.42 Å². The highest BCUT2D eigenvalue weighted by Crippen LogP contribution is 2.18. The van der Waals surface area contributed by atoms with Crippen LogP contribution in [0.1, 0.15) is 26.7 Å². The Morgan fingerprint density at radius 2 is 2.00 bits per heavy atom. The number of amides is 1. The first kappa shape index (κ1) is 15.1. The highest BCUT2D eigenvalue weighted by molar-refractivity contribution is 7.99. The largest absolute Gasteiger partial charge is 0.394 e. The van der Waals surface area contributed by atoms with Crippen LogP contribution < -0.4 is 5.32 Å². The average molecular weight is 267 g/mol. The van der Waals surface area contributed by atoms with Gasteiger partial charge in [-0.3, -0.25) is 4.79 Å². The maximum absolute atomic E-state index is 11.6. The van der Waals surface area contributed by atoms with Crippen molar-refractivity contribution < 1.29 is 9.90 Å². The van der Waals surface area contributed by atoms with Gasteiger partial charge in [-0.25, -0.2) is 0 Å². The summed E-state index contributed by atoms with van der Waals surface area (Å²) in [6.45, 7) is 3.57. The Balaban J connectivity index is 2.17. The van der Waals surface area contributed by atoms with Crippen molar-refractivity contribution in [1.82, 2.24) is 5.32 Å². The molecule has 0 fully saturated rings. The lowest BCUT2D eigenvalue weighted by Gasteiger charge is -2.23. The number of carbonyl (C=O) groups is 1. The Morgan fingerprint density at radius 1 is 1.33 bits per heavy atom. The van der Waals surface area contributed by atoms with Crippen LogP contribution in [0.3, 0.4) is 0 Å². The molecule has 2 N–H and O–H groups in total. The van der Waals surface area contributed by atoms with E-state index in [9.17, 15) is 4.79 Å². The predicted molar refractivity (Wildman–Crippen MR) is 75.7 cm³/mol. The van der Waals surface area contributed by atoms with E-state index < -0.39 is 5.54 Å². The third-order valence-corrected chi connectivity index (χ3v) is 3.53. The molecule has 0 unspecified atom stereocenters. The molecule has 0 saturated heterocycles. The Morgan fingerprint density at radius 3 is 2.61 bits per heavy atom. The van der Waals surface area contributed by atoms with Gasteiger partial charge in [-0.2, -0.15) is 0 Å². The number of rotatable bonds is 7. The first-order chi connectivity index (χ1) is 8.53. The van der Waals surface area contributed by atoms with Crippen molar-refractivity contribution in [1.29, 1.82) is 0 Å². The van der Waals surface area contributed by atoms with Crippen LogP contribution in [0.4, 0.5) is 0 Å². The molecule has 0 aliphatic heterocycles. The Kier molecular flexibility index (Phi) is 6.22. The van der Waals surface area contributed by atoms with Crippen LogP contribution in [0.25, 0.3) is 0 Å². The summed E-state index contributed by atoms with van der Waals surface area (Å²) in [4.78, 5) is 12.8. The normalized spacial score (nSPS) is 11.3. The molecule has 1 amide bonds. The summed E-state index contributed by atoms with van der Waals surface area (Å²) in [6.07, 6.45) is 1.34. The third kappa shape index (κ3) is 6.07. The zero-order chi connectivity index (χ0) is 13.4. The predicted octanol–water partition coefficient (Wildman–Crippen LogP) is 2.45. The van der Waals surface area contributed by atoms with Gasteiger partial charge in [0.25, 0.3) is 0 Å². The van der Waals surface area contributed by atoms with E-state index in [0.717, 1.165) is 12.2 Å². The topological polar surface area (TPSA) is 49.3 Å². The van der Waals surface area contributed by atoms with Gasteiger partial charge < -0.3 is 10.4 Å². The maximum Gasteiger partial charge on any atom is 0.220 e. The zero-order valence-corrected chi connectivity index (χ0v) is 11.8.